The third-order valence-electron chi connectivity index (χ3n) is 6.85. The van der Waals surface area contributed by atoms with E-state index < -0.39 is 20.0 Å². The van der Waals surface area contributed by atoms with E-state index in [9.17, 15) is 19.4 Å². The van der Waals surface area contributed by atoms with Gasteiger partial charge in [-0.3, -0.25) is 9.36 Å². The average Bonchev–Trinajstić information content (AvgIpc) is 2.84. The number of rotatable bonds is 27. The number of phosphoric acid groups is 1. The Bertz CT molecular complexity index is 614. The topological polar surface area (TPSA) is 108 Å². The summed E-state index contributed by atoms with van der Waals surface area (Å²) >= 11 is 0. The number of nitrogens with one attached hydrogen (secondary N) is 1. The van der Waals surface area contributed by atoms with Gasteiger partial charge < -0.3 is 28.8 Å². The maximum atomic E-state index is 12.6. The molecule has 0 fully saturated rings. The van der Waals surface area contributed by atoms with Gasteiger partial charge in [-0.25, -0.2) is 0 Å². The van der Waals surface area contributed by atoms with Gasteiger partial charge in [-0.15, -0.1) is 0 Å². The summed E-state index contributed by atoms with van der Waals surface area (Å²) in [6, 6.07) is -0.786. The molecule has 0 spiro atoms. The van der Waals surface area contributed by atoms with Crippen molar-refractivity contribution in [3.63, 3.8) is 0 Å². The highest BCUT2D eigenvalue weighted by Crippen LogP contribution is 2.38. The van der Waals surface area contributed by atoms with Gasteiger partial charge in [0.25, 0.3) is 7.82 Å². The zero-order valence-electron chi connectivity index (χ0n) is 25.4. The maximum Gasteiger partial charge on any atom is 0.268 e. The first-order valence-corrected chi connectivity index (χ1v) is 16.8. The van der Waals surface area contributed by atoms with Gasteiger partial charge in [-0.05, 0) is 12.8 Å². The quantitative estimate of drug-likeness (QED) is 0.0709. The number of nitrogens with zero attached hydrogens (tertiary/aromatic N) is 1. The summed E-state index contributed by atoms with van der Waals surface area (Å²) in [4.78, 5) is 24.8. The zero-order valence-corrected chi connectivity index (χ0v) is 26.3. The van der Waals surface area contributed by atoms with E-state index in [0.717, 1.165) is 44.9 Å². The number of carbonyl (C=O) groups excluding carboxylic acids is 1. The van der Waals surface area contributed by atoms with Crippen LogP contribution < -0.4 is 10.2 Å². The zero-order chi connectivity index (χ0) is 28.7. The van der Waals surface area contributed by atoms with Crippen molar-refractivity contribution in [3.8, 4) is 0 Å². The smallest absolute Gasteiger partial charge is 0.268 e. The molecule has 228 valence electrons. The fourth-order valence-electron chi connectivity index (χ4n) is 4.27. The Hall–Kier alpha value is -0.500. The Labute approximate surface area is 234 Å². The molecule has 0 radical (unpaired) electrons. The lowest BCUT2D eigenvalue weighted by Gasteiger charge is -2.30. The van der Waals surface area contributed by atoms with E-state index in [0.29, 0.717) is 23.9 Å². The van der Waals surface area contributed by atoms with Gasteiger partial charge in [-0.1, -0.05) is 110 Å². The van der Waals surface area contributed by atoms with Crippen molar-refractivity contribution in [1.29, 1.82) is 0 Å². The molecule has 38 heavy (non-hydrogen) atoms. The highest BCUT2D eigenvalue weighted by atomic mass is 31.2. The fraction of sp³-hybridized carbons (Fsp3) is 0.966. The van der Waals surface area contributed by atoms with E-state index in [1.165, 1.54) is 57.8 Å². The van der Waals surface area contributed by atoms with Crippen molar-refractivity contribution in [1.82, 2.24) is 5.32 Å². The van der Waals surface area contributed by atoms with Crippen LogP contribution in [0, 0.1) is 0 Å². The van der Waals surface area contributed by atoms with E-state index in [4.69, 9.17) is 9.05 Å². The van der Waals surface area contributed by atoms with Gasteiger partial charge in [0, 0.05) is 6.42 Å². The number of hydrogen-bond acceptors (Lipinski definition) is 6. The van der Waals surface area contributed by atoms with Crippen molar-refractivity contribution in [2.75, 3.05) is 40.9 Å². The number of likely N-dealkylation sites (N-methyl/N-ethyl adjacent to an activating group) is 1. The van der Waals surface area contributed by atoms with Crippen molar-refractivity contribution < 1.29 is 32.9 Å². The number of hydrogen-bond donors (Lipinski definition) is 2. The first-order valence-electron chi connectivity index (χ1n) is 15.4. The molecule has 0 aliphatic carbocycles. The maximum absolute atomic E-state index is 12.6. The molecular weight excluding hydrogens is 503 g/mol. The van der Waals surface area contributed by atoms with Crippen molar-refractivity contribution in [2.45, 2.75) is 142 Å². The molecule has 3 unspecified atom stereocenters. The SMILES string of the molecule is CCCCCCCCCCCCCCC(=O)NC(COP(=O)([O-])OCC[N+](C)(C)C)C(O)CCCCCC. The minimum absolute atomic E-state index is 0.0137. The first kappa shape index (κ1) is 37.5. The summed E-state index contributed by atoms with van der Waals surface area (Å²) in [6.45, 7) is 4.56. The molecule has 0 aliphatic heterocycles. The van der Waals surface area contributed by atoms with Gasteiger partial charge in [0.1, 0.15) is 13.2 Å². The number of quaternary nitrogens is 1. The number of phosphoric ester groups is 1. The number of carbonyl (C=O) groups is 1. The van der Waals surface area contributed by atoms with Gasteiger partial charge >= 0.3 is 0 Å². The second-order valence-corrected chi connectivity index (χ2v) is 13.2. The largest absolute Gasteiger partial charge is 0.756 e. The molecule has 0 saturated heterocycles. The Morgan fingerprint density at radius 2 is 1.29 bits per heavy atom. The third kappa shape index (κ3) is 24.5. The van der Waals surface area contributed by atoms with Crippen LogP contribution >= 0.6 is 7.82 Å². The lowest BCUT2D eigenvalue weighted by molar-refractivity contribution is -0.870. The number of unbranched alkanes of at least 4 members (excludes halogenated alkanes) is 14. The van der Waals surface area contributed by atoms with E-state index >= 15 is 0 Å². The van der Waals surface area contributed by atoms with Crippen LogP contribution in [0.4, 0.5) is 0 Å². The molecule has 0 heterocycles. The Morgan fingerprint density at radius 1 is 0.816 bits per heavy atom. The van der Waals surface area contributed by atoms with E-state index in [1.54, 1.807) is 0 Å². The van der Waals surface area contributed by atoms with Crippen molar-refractivity contribution >= 4 is 13.7 Å². The summed E-state index contributed by atoms with van der Waals surface area (Å²) in [5.74, 6) is -0.176. The number of amides is 1. The second kappa shape index (κ2) is 23.2. The minimum atomic E-state index is -4.52. The van der Waals surface area contributed by atoms with Gasteiger partial charge in [0.2, 0.25) is 5.91 Å². The van der Waals surface area contributed by atoms with Gasteiger partial charge in [0.15, 0.2) is 0 Å². The lowest BCUT2D eigenvalue weighted by Crippen LogP contribution is -2.46. The molecule has 0 aromatic carbocycles. The summed E-state index contributed by atoms with van der Waals surface area (Å²) in [5.41, 5.74) is 0. The molecule has 1 amide bonds. The molecule has 0 saturated carbocycles. The Morgan fingerprint density at radius 3 is 1.79 bits per heavy atom. The van der Waals surface area contributed by atoms with Crippen LogP contribution in [0.5, 0.6) is 0 Å². The predicted molar refractivity (Wildman–Crippen MR) is 155 cm³/mol. The molecular formula is C29H61N2O6P. The van der Waals surface area contributed by atoms with E-state index in [1.807, 2.05) is 21.1 Å². The van der Waals surface area contributed by atoms with Crippen molar-refractivity contribution in [2.24, 2.45) is 0 Å². The molecule has 2 N–H and O–H groups in total. The summed E-state index contributed by atoms with van der Waals surface area (Å²) < 4.78 is 22.8. The molecule has 0 aliphatic rings. The van der Waals surface area contributed by atoms with Gasteiger partial charge in [-0.2, -0.15) is 0 Å². The second-order valence-electron chi connectivity index (χ2n) is 11.8. The van der Waals surface area contributed by atoms with Crippen LogP contribution in [0.2, 0.25) is 0 Å². The molecule has 0 aromatic heterocycles. The van der Waals surface area contributed by atoms with E-state index in [-0.39, 0.29) is 19.1 Å². The average molecular weight is 565 g/mol. The van der Waals surface area contributed by atoms with Crippen LogP contribution in [0.15, 0.2) is 0 Å². The minimum Gasteiger partial charge on any atom is -0.756 e. The highest BCUT2D eigenvalue weighted by molar-refractivity contribution is 7.45. The number of aliphatic hydroxyl groups excluding tert-OH is 1. The highest BCUT2D eigenvalue weighted by Gasteiger charge is 2.24. The molecule has 0 bridgehead atoms. The Kier molecular flexibility index (Phi) is 22.9. The first-order chi connectivity index (χ1) is 18.0. The fourth-order valence-corrected chi connectivity index (χ4v) is 4.99. The molecule has 3 atom stereocenters. The predicted octanol–water partition coefficient (Wildman–Crippen LogP) is 6.10. The monoisotopic (exact) mass is 564 g/mol. The molecule has 0 aromatic rings. The molecule has 8 nitrogen and oxygen atoms in total. The normalized spacial score (nSPS) is 15.2. The Balaban J connectivity index is 4.38. The van der Waals surface area contributed by atoms with Crippen LogP contribution in [0.25, 0.3) is 0 Å². The summed E-state index contributed by atoms with van der Waals surface area (Å²) in [5, 5.41) is 13.5. The standard InChI is InChI=1S/C29H61N2O6P/c1-6-8-10-12-13-14-15-16-17-18-19-21-23-29(33)30-27(28(32)22-20-11-9-7-2)26-37-38(34,35)36-25-24-31(3,4)5/h27-28,32H,6-26H2,1-5H3,(H-,30,33,34,35). The van der Waals surface area contributed by atoms with Crippen LogP contribution in [0.1, 0.15) is 129 Å². The third-order valence-corrected chi connectivity index (χ3v) is 7.81. The van der Waals surface area contributed by atoms with E-state index in [2.05, 4.69) is 19.2 Å². The van der Waals surface area contributed by atoms with Crippen LogP contribution in [0.3, 0.4) is 0 Å². The van der Waals surface area contributed by atoms with Crippen molar-refractivity contribution in [3.05, 3.63) is 0 Å². The van der Waals surface area contributed by atoms with Gasteiger partial charge in [0.05, 0.1) is 39.9 Å². The van der Waals surface area contributed by atoms with Crippen LogP contribution in [-0.4, -0.2) is 68.5 Å². The molecule has 0 rings (SSSR count). The number of aliphatic hydroxyl groups is 1. The lowest BCUT2D eigenvalue weighted by atomic mass is 10.0. The summed E-state index contributed by atoms with van der Waals surface area (Å²) in [7, 11) is 1.30. The summed E-state index contributed by atoms with van der Waals surface area (Å²) in [6.07, 6.45) is 18.7. The van der Waals surface area contributed by atoms with Crippen LogP contribution in [-0.2, 0) is 18.4 Å². The molecule has 9 heteroatoms.